The molecular weight excluding hydrogens is 278 g/mol. The molecule has 2 aromatic rings. The van der Waals surface area contributed by atoms with Gasteiger partial charge in [0.1, 0.15) is 0 Å². The normalized spacial score (nSPS) is 15.8. The minimum absolute atomic E-state index is 0.758. The molecule has 3 rings (SSSR count). The van der Waals surface area contributed by atoms with Crippen LogP contribution in [0.15, 0.2) is 24.3 Å². The van der Waals surface area contributed by atoms with Gasteiger partial charge in [-0.1, -0.05) is 23.7 Å². The van der Waals surface area contributed by atoms with Crippen molar-refractivity contribution in [2.24, 2.45) is 0 Å². The second-order valence-corrected chi connectivity index (χ2v) is 6.27. The van der Waals surface area contributed by atoms with Gasteiger partial charge in [-0.3, -0.25) is 0 Å². The third-order valence-electron chi connectivity index (χ3n) is 3.27. The van der Waals surface area contributed by atoms with E-state index in [9.17, 15) is 0 Å². The number of rotatable bonds is 2. The van der Waals surface area contributed by atoms with Crippen molar-refractivity contribution in [2.75, 3.05) is 31.1 Å². The molecule has 0 atom stereocenters. The van der Waals surface area contributed by atoms with Gasteiger partial charge in [-0.15, -0.1) is 11.3 Å². The Bertz CT molecular complexity index is 576. The molecule has 1 aliphatic heterocycles. The lowest BCUT2D eigenvalue weighted by Gasteiger charge is -2.26. The van der Waals surface area contributed by atoms with E-state index in [1.54, 1.807) is 11.3 Å². The van der Waals surface area contributed by atoms with Crippen LogP contribution in [0.5, 0.6) is 0 Å². The van der Waals surface area contributed by atoms with Crippen molar-refractivity contribution < 1.29 is 0 Å². The van der Waals surface area contributed by atoms with Crippen molar-refractivity contribution in [3.05, 3.63) is 34.2 Å². The summed E-state index contributed by atoms with van der Waals surface area (Å²) < 4.78 is 0. The summed E-state index contributed by atoms with van der Waals surface area (Å²) in [5.41, 5.74) is 2.16. The van der Waals surface area contributed by atoms with E-state index < -0.39 is 0 Å². The first-order chi connectivity index (χ1) is 9.24. The van der Waals surface area contributed by atoms with Crippen molar-refractivity contribution in [3.63, 3.8) is 0 Å². The van der Waals surface area contributed by atoms with E-state index in [1.165, 1.54) is 4.88 Å². The predicted molar refractivity (Wildman–Crippen MR) is 82.4 cm³/mol. The van der Waals surface area contributed by atoms with Crippen LogP contribution < -0.4 is 10.2 Å². The molecule has 0 bridgehead atoms. The number of hydrogen-bond acceptors (Lipinski definition) is 4. The second kappa shape index (κ2) is 5.49. The zero-order valence-corrected chi connectivity index (χ0v) is 12.4. The van der Waals surface area contributed by atoms with E-state index in [2.05, 4.69) is 23.2 Å². The van der Waals surface area contributed by atoms with Crippen molar-refractivity contribution in [1.82, 2.24) is 10.3 Å². The largest absolute Gasteiger partial charge is 0.346 e. The van der Waals surface area contributed by atoms with Crippen LogP contribution in [0, 0.1) is 6.92 Å². The lowest BCUT2D eigenvalue weighted by Crippen LogP contribution is -2.43. The number of hydrogen-bond donors (Lipinski definition) is 1. The number of nitrogens with zero attached hydrogens (tertiary/aromatic N) is 2. The van der Waals surface area contributed by atoms with E-state index in [0.717, 1.165) is 47.6 Å². The lowest BCUT2D eigenvalue weighted by molar-refractivity contribution is 0.588. The topological polar surface area (TPSA) is 28.2 Å². The average molecular weight is 294 g/mol. The Kier molecular flexibility index (Phi) is 3.73. The first-order valence-electron chi connectivity index (χ1n) is 6.43. The highest BCUT2D eigenvalue weighted by Gasteiger charge is 2.17. The van der Waals surface area contributed by atoms with Gasteiger partial charge in [0.05, 0.1) is 5.69 Å². The van der Waals surface area contributed by atoms with Crippen molar-refractivity contribution in [1.29, 1.82) is 0 Å². The molecule has 5 heteroatoms. The van der Waals surface area contributed by atoms with Crippen LogP contribution in [0.4, 0.5) is 5.13 Å². The summed E-state index contributed by atoms with van der Waals surface area (Å²) in [6, 6.07) is 7.91. The zero-order chi connectivity index (χ0) is 13.2. The van der Waals surface area contributed by atoms with Crippen molar-refractivity contribution in [2.45, 2.75) is 6.92 Å². The summed E-state index contributed by atoms with van der Waals surface area (Å²) in [4.78, 5) is 8.40. The summed E-state index contributed by atoms with van der Waals surface area (Å²) in [6.45, 7) is 6.25. The zero-order valence-electron chi connectivity index (χ0n) is 10.8. The van der Waals surface area contributed by atoms with Gasteiger partial charge in [0.15, 0.2) is 5.13 Å². The summed E-state index contributed by atoms with van der Waals surface area (Å²) >= 11 is 7.83. The fourth-order valence-electron chi connectivity index (χ4n) is 2.28. The van der Waals surface area contributed by atoms with Gasteiger partial charge in [-0.25, -0.2) is 4.98 Å². The summed E-state index contributed by atoms with van der Waals surface area (Å²) in [5.74, 6) is 0. The van der Waals surface area contributed by atoms with Crippen LogP contribution in [0.1, 0.15) is 4.88 Å². The smallest absolute Gasteiger partial charge is 0.186 e. The molecule has 0 radical (unpaired) electrons. The molecular formula is C14H16ClN3S. The molecule has 1 saturated heterocycles. The minimum Gasteiger partial charge on any atom is -0.346 e. The number of aromatic nitrogens is 1. The summed E-state index contributed by atoms with van der Waals surface area (Å²) in [5, 5.41) is 5.24. The van der Waals surface area contributed by atoms with Gasteiger partial charge in [0, 0.05) is 41.6 Å². The van der Waals surface area contributed by atoms with E-state index >= 15 is 0 Å². The van der Waals surface area contributed by atoms with Gasteiger partial charge in [-0.05, 0) is 19.1 Å². The van der Waals surface area contributed by atoms with E-state index in [0.29, 0.717) is 0 Å². The van der Waals surface area contributed by atoms with Gasteiger partial charge in [-0.2, -0.15) is 0 Å². The monoisotopic (exact) mass is 293 g/mol. The number of benzene rings is 1. The molecule has 1 aromatic heterocycles. The molecule has 1 aromatic carbocycles. The van der Waals surface area contributed by atoms with Crippen LogP contribution in [-0.4, -0.2) is 31.2 Å². The maximum absolute atomic E-state index is 6.06. The molecule has 1 aliphatic rings. The fourth-order valence-corrected chi connectivity index (χ4v) is 3.45. The van der Waals surface area contributed by atoms with Crippen LogP contribution in [0.3, 0.4) is 0 Å². The number of piperazine rings is 1. The lowest BCUT2D eigenvalue weighted by atomic mass is 10.1. The molecule has 3 nitrogen and oxygen atoms in total. The SMILES string of the molecule is Cc1sc(N2CCNCC2)nc1-c1cccc(Cl)c1. The number of thiazole rings is 1. The Morgan fingerprint density at radius 2 is 2.11 bits per heavy atom. The number of aryl methyl sites for hydroxylation is 1. The summed E-state index contributed by atoms with van der Waals surface area (Å²) in [7, 11) is 0. The van der Waals surface area contributed by atoms with Crippen LogP contribution >= 0.6 is 22.9 Å². The van der Waals surface area contributed by atoms with Crippen molar-refractivity contribution >= 4 is 28.1 Å². The highest BCUT2D eigenvalue weighted by Crippen LogP contribution is 2.33. The quantitative estimate of drug-likeness (QED) is 0.922. The van der Waals surface area contributed by atoms with Crippen molar-refractivity contribution in [3.8, 4) is 11.3 Å². The molecule has 0 unspecified atom stereocenters. The van der Waals surface area contributed by atoms with Gasteiger partial charge < -0.3 is 10.2 Å². The Morgan fingerprint density at radius 1 is 1.32 bits per heavy atom. The Balaban J connectivity index is 1.92. The molecule has 1 N–H and O–H groups in total. The predicted octanol–water partition coefficient (Wildman–Crippen LogP) is 3.18. The molecule has 1 fully saturated rings. The Morgan fingerprint density at radius 3 is 2.84 bits per heavy atom. The molecule has 0 aliphatic carbocycles. The fraction of sp³-hybridized carbons (Fsp3) is 0.357. The maximum Gasteiger partial charge on any atom is 0.186 e. The molecule has 0 amide bonds. The highest BCUT2D eigenvalue weighted by atomic mass is 35.5. The molecule has 19 heavy (non-hydrogen) atoms. The first-order valence-corrected chi connectivity index (χ1v) is 7.62. The standard InChI is InChI=1S/C14H16ClN3S/c1-10-13(11-3-2-4-12(15)9-11)17-14(19-10)18-7-5-16-6-8-18/h2-4,9,16H,5-8H2,1H3. The third-order valence-corrected chi connectivity index (χ3v) is 4.54. The second-order valence-electron chi connectivity index (χ2n) is 4.65. The highest BCUT2D eigenvalue weighted by molar-refractivity contribution is 7.16. The van der Waals surface area contributed by atoms with E-state index in [1.807, 2.05) is 18.2 Å². The number of nitrogens with one attached hydrogen (secondary N) is 1. The summed E-state index contributed by atoms with van der Waals surface area (Å²) in [6.07, 6.45) is 0. The number of halogens is 1. The van der Waals surface area contributed by atoms with Gasteiger partial charge in [0.25, 0.3) is 0 Å². The van der Waals surface area contributed by atoms with E-state index in [-0.39, 0.29) is 0 Å². The Hall–Kier alpha value is -1.10. The average Bonchev–Trinajstić information content (AvgIpc) is 2.82. The maximum atomic E-state index is 6.06. The molecule has 100 valence electrons. The molecule has 2 heterocycles. The van der Waals surface area contributed by atoms with Crippen LogP contribution in [0.2, 0.25) is 5.02 Å². The third kappa shape index (κ3) is 2.76. The Labute approximate surface area is 122 Å². The van der Waals surface area contributed by atoms with E-state index in [4.69, 9.17) is 16.6 Å². The minimum atomic E-state index is 0.758. The molecule has 0 saturated carbocycles. The van der Waals surface area contributed by atoms with Crippen LogP contribution in [-0.2, 0) is 0 Å². The first kappa shape index (κ1) is 12.9. The number of anilines is 1. The van der Waals surface area contributed by atoms with Gasteiger partial charge >= 0.3 is 0 Å². The van der Waals surface area contributed by atoms with Crippen LogP contribution in [0.25, 0.3) is 11.3 Å². The molecule has 0 spiro atoms. The van der Waals surface area contributed by atoms with Gasteiger partial charge in [0.2, 0.25) is 0 Å².